The van der Waals surface area contributed by atoms with Crippen LogP contribution in [0.2, 0.25) is 5.02 Å². The molecule has 0 spiro atoms. The number of hydrogen-bond donors (Lipinski definition) is 1. The Balaban J connectivity index is 1.57. The van der Waals surface area contributed by atoms with Crippen LogP contribution in [0.25, 0.3) is 10.1 Å². The Labute approximate surface area is 218 Å². The number of esters is 1. The van der Waals surface area contributed by atoms with Gasteiger partial charge in [0, 0.05) is 22.0 Å². The molecule has 1 heterocycles. The number of fused-ring (bicyclic) bond motifs is 1. The molecule has 0 bridgehead atoms. The number of nitrogens with one attached hydrogen (secondary N) is 1. The molecule has 0 aliphatic heterocycles. The fraction of sp³-hybridized carbons (Fsp3) is 0.154. The van der Waals surface area contributed by atoms with Gasteiger partial charge in [-0.1, -0.05) is 41.4 Å². The van der Waals surface area contributed by atoms with Crippen molar-refractivity contribution in [2.75, 3.05) is 19.0 Å². The number of methoxy groups -OCH3 is 1. The summed E-state index contributed by atoms with van der Waals surface area (Å²) in [5, 5.41) is 4.07. The summed E-state index contributed by atoms with van der Waals surface area (Å²) in [6.45, 7) is 1.47. The van der Waals surface area contributed by atoms with Crippen molar-refractivity contribution >= 4 is 60.6 Å². The van der Waals surface area contributed by atoms with E-state index in [1.807, 2.05) is 6.92 Å². The minimum absolute atomic E-state index is 0.00709. The second-order valence-electron chi connectivity index (χ2n) is 8.12. The molecular weight excluding hydrogens is 520 g/mol. The van der Waals surface area contributed by atoms with E-state index >= 15 is 0 Å². The van der Waals surface area contributed by atoms with Crippen LogP contribution >= 0.6 is 22.9 Å². The van der Waals surface area contributed by atoms with Gasteiger partial charge in [-0.3, -0.25) is 4.79 Å². The zero-order valence-electron chi connectivity index (χ0n) is 19.5. The molecule has 4 rings (SSSR count). The number of nitrogens with zero attached hydrogens (tertiary/aromatic N) is 1. The predicted octanol–water partition coefficient (Wildman–Crippen LogP) is 5.48. The Morgan fingerprint density at radius 1 is 1.00 bits per heavy atom. The second kappa shape index (κ2) is 10.8. The third-order valence-electron chi connectivity index (χ3n) is 5.44. The van der Waals surface area contributed by atoms with Crippen molar-refractivity contribution in [2.45, 2.75) is 18.4 Å². The quantitative estimate of drug-likeness (QED) is 0.298. The van der Waals surface area contributed by atoms with Crippen molar-refractivity contribution in [2.24, 2.45) is 0 Å². The van der Waals surface area contributed by atoms with E-state index in [9.17, 15) is 18.0 Å². The van der Waals surface area contributed by atoms with E-state index in [2.05, 4.69) is 5.32 Å². The predicted molar refractivity (Wildman–Crippen MR) is 142 cm³/mol. The van der Waals surface area contributed by atoms with Crippen molar-refractivity contribution in [3.8, 4) is 0 Å². The van der Waals surface area contributed by atoms with Gasteiger partial charge in [-0.15, -0.1) is 11.3 Å². The van der Waals surface area contributed by atoms with Crippen LogP contribution in [0.4, 0.5) is 5.69 Å². The standard InChI is InChI=1S/C26H23ClN2O5S2/c1-17-3-10-22(11-4-17)36(32,33)29(15-18-5-7-20(27)8-6-18)16-25(30)28-21-9-12-23-19(13-21)14-24(35-23)26(31)34-2/h3-14H,15-16H2,1-2H3,(H,28,30). The molecule has 0 radical (unpaired) electrons. The summed E-state index contributed by atoms with van der Waals surface area (Å²) in [7, 11) is -2.65. The van der Waals surface area contributed by atoms with Crippen LogP contribution < -0.4 is 5.32 Å². The molecule has 1 N–H and O–H groups in total. The summed E-state index contributed by atoms with van der Waals surface area (Å²) in [5.74, 6) is -0.927. The van der Waals surface area contributed by atoms with Gasteiger partial charge >= 0.3 is 5.97 Å². The number of sulfonamides is 1. The molecule has 4 aromatic rings. The third-order valence-corrected chi connectivity index (χ3v) is 8.59. The normalized spacial score (nSPS) is 11.6. The molecule has 36 heavy (non-hydrogen) atoms. The summed E-state index contributed by atoms with van der Waals surface area (Å²) in [6, 6.07) is 20.2. The monoisotopic (exact) mass is 542 g/mol. The number of aryl methyl sites for hydroxylation is 1. The molecule has 10 heteroatoms. The number of thiophene rings is 1. The molecular formula is C26H23ClN2O5S2. The molecule has 0 atom stereocenters. The van der Waals surface area contributed by atoms with Crippen molar-refractivity contribution in [3.05, 3.63) is 93.8 Å². The molecule has 0 aliphatic carbocycles. The molecule has 1 aromatic heterocycles. The molecule has 0 saturated carbocycles. The van der Waals surface area contributed by atoms with E-state index in [4.69, 9.17) is 16.3 Å². The van der Waals surface area contributed by atoms with Crippen molar-refractivity contribution in [1.29, 1.82) is 0 Å². The maximum atomic E-state index is 13.5. The Hall–Kier alpha value is -3.24. The van der Waals surface area contributed by atoms with E-state index < -0.39 is 28.4 Å². The van der Waals surface area contributed by atoms with Crippen molar-refractivity contribution in [1.82, 2.24) is 4.31 Å². The smallest absolute Gasteiger partial charge is 0.348 e. The first kappa shape index (κ1) is 25.8. The highest BCUT2D eigenvalue weighted by Crippen LogP contribution is 2.29. The lowest BCUT2D eigenvalue weighted by molar-refractivity contribution is -0.116. The first-order valence-corrected chi connectivity index (χ1v) is 13.5. The molecule has 7 nitrogen and oxygen atoms in total. The summed E-state index contributed by atoms with van der Waals surface area (Å²) in [6.07, 6.45) is 0. The lowest BCUT2D eigenvalue weighted by atomic mass is 10.2. The second-order valence-corrected chi connectivity index (χ2v) is 11.6. The molecule has 0 saturated heterocycles. The summed E-state index contributed by atoms with van der Waals surface area (Å²) >= 11 is 7.26. The average molecular weight is 543 g/mol. The molecule has 0 fully saturated rings. The number of carbonyl (C=O) groups excluding carboxylic acids is 2. The van der Waals surface area contributed by atoms with Gasteiger partial charge in [0.1, 0.15) is 4.88 Å². The molecule has 3 aromatic carbocycles. The largest absolute Gasteiger partial charge is 0.465 e. The summed E-state index contributed by atoms with van der Waals surface area (Å²) in [4.78, 5) is 25.4. The van der Waals surface area contributed by atoms with Gasteiger partial charge in [0.25, 0.3) is 0 Å². The summed E-state index contributed by atoms with van der Waals surface area (Å²) < 4.78 is 33.7. The van der Waals surface area contributed by atoms with Crippen LogP contribution in [-0.2, 0) is 26.1 Å². The number of carbonyl (C=O) groups is 2. The van der Waals surface area contributed by atoms with E-state index in [1.54, 1.807) is 60.7 Å². The molecule has 0 unspecified atom stereocenters. The maximum Gasteiger partial charge on any atom is 0.348 e. The van der Waals surface area contributed by atoms with Crippen LogP contribution in [0.5, 0.6) is 0 Å². The SMILES string of the molecule is COC(=O)c1cc2cc(NC(=O)CN(Cc3ccc(Cl)cc3)S(=O)(=O)c3ccc(C)cc3)ccc2s1. The lowest BCUT2D eigenvalue weighted by Gasteiger charge is -2.22. The topological polar surface area (TPSA) is 92.8 Å². The van der Waals surface area contributed by atoms with Gasteiger partial charge in [-0.2, -0.15) is 4.31 Å². The van der Waals surface area contributed by atoms with E-state index in [-0.39, 0.29) is 11.4 Å². The molecule has 0 aliphatic rings. The highest BCUT2D eigenvalue weighted by molar-refractivity contribution is 7.89. The minimum Gasteiger partial charge on any atom is -0.465 e. The zero-order valence-corrected chi connectivity index (χ0v) is 21.9. The average Bonchev–Trinajstić information content (AvgIpc) is 3.28. The number of rotatable bonds is 8. The van der Waals surface area contributed by atoms with Crippen LogP contribution in [0.1, 0.15) is 20.8 Å². The fourth-order valence-corrected chi connectivity index (χ4v) is 6.03. The van der Waals surface area contributed by atoms with E-state index in [0.717, 1.165) is 20.0 Å². The Morgan fingerprint density at radius 2 is 1.69 bits per heavy atom. The maximum absolute atomic E-state index is 13.5. The van der Waals surface area contributed by atoms with E-state index in [1.165, 1.54) is 30.6 Å². The summed E-state index contributed by atoms with van der Waals surface area (Å²) in [5.41, 5.74) is 2.11. The van der Waals surface area contributed by atoms with Crippen LogP contribution in [0.3, 0.4) is 0 Å². The van der Waals surface area contributed by atoms with Gasteiger partial charge in [0.05, 0.1) is 18.6 Å². The van der Waals surface area contributed by atoms with Gasteiger partial charge in [0.2, 0.25) is 15.9 Å². The zero-order chi connectivity index (χ0) is 25.9. The van der Waals surface area contributed by atoms with Gasteiger partial charge in [-0.25, -0.2) is 13.2 Å². The molecule has 186 valence electrons. The highest BCUT2D eigenvalue weighted by Gasteiger charge is 2.27. The lowest BCUT2D eigenvalue weighted by Crippen LogP contribution is -2.37. The first-order valence-electron chi connectivity index (χ1n) is 10.9. The Morgan fingerprint density at radius 3 is 2.36 bits per heavy atom. The number of halogens is 1. The highest BCUT2D eigenvalue weighted by atomic mass is 35.5. The Bertz CT molecular complexity index is 1510. The van der Waals surface area contributed by atoms with Crippen LogP contribution in [-0.4, -0.2) is 38.3 Å². The van der Waals surface area contributed by atoms with Crippen molar-refractivity contribution < 1.29 is 22.7 Å². The minimum atomic E-state index is -3.97. The third kappa shape index (κ3) is 5.93. The van der Waals surface area contributed by atoms with Gasteiger partial charge < -0.3 is 10.1 Å². The first-order chi connectivity index (χ1) is 17.2. The number of hydrogen-bond acceptors (Lipinski definition) is 6. The number of ether oxygens (including phenoxy) is 1. The Kier molecular flexibility index (Phi) is 7.75. The van der Waals surface area contributed by atoms with Gasteiger partial charge in [0.15, 0.2) is 0 Å². The number of benzene rings is 3. The van der Waals surface area contributed by atoms with E-state index in [0.29, 0.717) is 21.2 Å². The van der Waals surface area contributed by atoms with Crippen LogP contribution in [0.15, 0.2) is 77.7 Å². The number of anilines is 1. The van der Waals surface area contributed by atoms with Crippen LogP contribution in [0, 0.1) is 6.92 Å². The fourth-order valence-electron chi connectivity index (χ4n) is 3.56. The number of amides is 1. The molecule has 1 amide bonds. The van der Waals surface area contributed by atoms with Crippen molar-refractivity contribution in [3.63, 3.8) is 0 Å². The van der Waals surface area contributed by atoms with Gasteiger partial charge in [-0.05, 0) is 66.4 Å².